The van der Waals surface area contributed by atoms with Crippen molar-refractivity contribution in [2.75, 3.05) is 25.0 Å². The van der Waals surface area contributed by atoms with Gasteiger partial charge in [-0.15, -0.1) is 0 Å². The first-order valence-corrected chi connectivity index (χ1v) is 6.66. The molecule has 0 radical (unpaired) electrons. The Labute approximate surface area is 124 Å². The average molecular weight is 289 g/mol. The molecule has 0 aliphatic carbocycles. The topological polar surface area (TPSA) is 84.6 Å². The van der Waals surface area contributed by atoms with E-state index in [2.05, 4.69) is 0 Å². The minimum atomic E-state index is -0.943. The maximum absolute atomic E-state index is 12.5. The van der Waals surface area contributed by atoms with Gasteiger partial charge in [0.15, 0.2) is 0 Å². The lowest BCUT2D eigenvalue weighted by Gasteiger charge is -2.28. The fourth-order valence-electron chi connectivity index (χ4n) is 1.93. The lowest BCUT2D eigenvalue weighted by molar-refractivity contribution is -0.141. The Morgan fingerprint density at radius 3 is 2.52 bits per heavy atom. The van der Waals surface area contributed by atoms with Crippen LogP contribution in [0.15, 0.2) is 24.3 Å². The Bertz CT molecular complexity index is 566. The van der Waals surface area contributed by atoms with Crippen molar-refractivity contribution in [3.63, 3.8) is 0 Å². The number of nitrogens with zero attached hydrogens (tertiary/aromatic N) is 3. The zero-order chi connectivity index (χ0) is 16.0. The number of aliphatic carboxylic acids is 1. The molecule has 1 N–H and O–H groups in total. The van der Waals surface area contributed by atoms with Crippen molar-refractivity contribution in [3.05, 3.63) is 29.8 Å². The van der Waals surface area contributed by atoms with Gasteiger partial charge in [0, 0.05) is 20.1 Å². The van der Waals surface area contributed by atoms with E-state index in [-0.39, 0.29) is 12.6 Å². The minimum absolute atomic E-state index is 0.129. The average Bonchev–Trinajstić information content (AvgIpc) is 2.50. The molecule has 0 saturated carbocycles. The summed E-state index contributed by atoms with van der Waals surface area (Å²) in [4.78, 5) is 26.2. The molecule has 1 rings (SSSR count). The lowest BCUT2D eigenvalue weighted by Crippen LogP contribution is -2.44. The normalized spacial score (nSPS) is 11.3. The number of urea groups is 1. The van der Waals surface area contributed by atoms with Gasteiger partial charge in [-0.25, -0.2) is 4.79 Å². The Kier molecular flexibility index (Phi) is 5.73. The van der Waals surface area contributed by atoms with Gasteiger partial charge in [0.2, 0.25) is 0 Å². The highest BCUT2D eigenvalue weighted by Crippen LogP contribution is 2.19. The molecule has 21 heavy (non-hydrogen) atoms. The highest BCUT2D eigenvalue weighted by atomic mass is 16.4. The number of carbonyl (C=O) groups excluding carboxylic acids is 1. The summed E-state index contributed by atoms with van der Waals surface area (Å²) in [5.41, 5.74) is 0.905. The van der Waals surface area contributed by atoms with Gasteiger partial charge in [0.1, 0.15) is 6.07 Å². The van der Waals surface area contributed by atoms with E-state index in [0.29, 0.717) is 17.8 Å². The number of benzene rings is 1. The molecule has 0 saturated heterocycles. The number of carbonyl (C=O) groups is 2. The third kappa shape index (κ3) is 3.96. The van der Waals surface area contributed by atoms with Crippen LogP contribution >= 0.6 is 0 Å². The Morgan fingerprint density at radius 1 is 1.38 bits per heavy atom. The summed E-state index contributed by atoms with van der Waals surface area (Å²) in [7, 11) is 1.58. The van der Waals surface area contributed by atoms with Crippen LogP contribution in [0.2, 0.25) is 0 Å². The standard InChI is InChI=1S/C15H19N3O3/c1-4-18(10-11(2)14(19)20)15(21)17(3)13-8-6-5-7-12(13)9-16/h5-8,11H,4,10H2,1-3H3,(H,19,20). The van der Waals surface area contributed by atoms with Gasteiger partial charge in [0.05, 0.1) is 17.2 Å². The summed E-state index contributed by atoms with van der Waals surface area (Å²) in [5, 5.41) is 18.0. The summed E-state index contributed by atoms with van der Waals surface area (Å²) in [6.07, 6.45) is 0. The maximum Gasteiger partial charge on any atom is 0.324 e. The third-order valence-corrected chi connectivity index (χ3v) is 3.24. The molecular weight excluding hydrogens is 270 g/mol. The highest BCUT2D eigenvalue weighted by molar-refractivity contribution is 5.93. The summed E-state index contributed by atoms with van der Waals surface area (Å²) in [6, 6.07) is 8.51. The van der Waals surface area contributed by atoms with Gasteiger partial charge in [-0.2, -0.15) is 5.26 Å². The number of hydrogen-bond donors (Lipinski definition) is 1. The van der Waals surface area contributed by atoms with Gasteiger partial charge in [-0.3, -0.25) is 9.69 Å². The molecule has 6 nitrogen and oxygen atoms in total. The number of nitriles is 1. The number of carboxylic acids is 1. The van der Waals surface area contributed by atoms with Crippen LogP contribution in [0.4, 0.5) is 10.5 Å². The number of amides is 2. The van der Waals surface area contributed by atoms with Gasteiger partial charge in [0.25, 0.3) is 0 Å². The molecule has 6 heteroatoms. The van der Waals surface area contributed by atoms with E-state index < -0.39 is 11.9 Å². The zero-order valence-electron chi connectivity index (χ0n) is 12.4. The van der Waals surface area contributed by atoms with Crippen LogP contribution in [-0.4, -0.2) is 42.1 Å². The molecule has 0 bridgehead atoms. The molecule has 1 atom stereocenters. The van der Waals surface area contributed by atoms with E-state index in [9.17, 15) is 9.59 Å². The SMILES string of the molecule is CCN(CC(C)C(=O)O)C(=O)N(C)c1ccccc1C#N. The van der Waals surface area contributed by atoms with Crippen LogP contribution in [0.5, 0.6) is 0 Å². The van der Waals surface area contributed by atoms with Crippen LogP contribution in [0.3, 0.4) is 0 Å². The van der Waals surface area contributed by atoms with Crippen molar-refractivity contribution in [1.82, 2.24) is 4.90 Å². The molecule has 1 unspecified atom stereocenters. The second-order valence-corrected chi connectivity index (χ2v) is 4.75. The van der Waals surface area contributed by atoms with Gasteiger partial charge in [-0.1, -0.05) is 19.1 Å². The van der Waals surface area contributed by atoms with E-state index in [1.807, 2.05) is 6.07 Å². The van der Waals surface area contributed by atoms with Crippen molar-refractivity contribution >= 4 is 17.7 Å². The first-order chi connectivity index (χ1) is 9.92. The predicted octanol–water partition coefficient (Wildman–Crippen LogP) is 2.16. The summed E-state index contributed by atoms with van der Waals surface area (Å²) >= 11 is 0. The van der Waals surface area contributed by atoms with Crippen LogP contribution in [0, 0.1) is 17.2 Å². The van der Waals surface area contributed by atoms with Gasteiger partial charge in [-0.05, 0) is 19.1 Å². The zero-order valence-corrected chi connectivity index (χ0v) is 12.4. The van der Waals surface area contributed by atoms with E-state index in [1.54, 1.807) is 45.2 Å². The summed E-state index contributed by atoms with van der Waals surface area (Å²) in [5.74, 6) is -1.59. The van der Waals surface area contributed by atoms with Crippen molar-refractivity contribution in [3.8, 4) is 6.07 Å². The third-order valence-electron chi connectivity index (χ3n) is 3.24. The van der Waals surface area contributed by atoms with Crippen LogP contribution in [0.1, 0.15) is 19.4 Å². The van der Waals surface area contributed by atoms with Crippen LogP contribution in [-0.2, 0) is 4.79 Å². The number of hydrogen-bond acceptors (Lipinski definition) is 3. The number of anilines is 1. The molecule has 1 aromatic rings. The fraction of sp³-hybridized carbons (Fsp3) is 0.400. The molecule has 0 aliphatic heterocycles. The van der Waals surface area contributed by atoms with Crippen LogP contribution < -0.4 is 4.90 Å². The smallest absolute Gasteiger partial charge is 0.324 e. The molecule has 112 valence electrons. The molecule has 0 fully saturated rings. The molecular formula is C15H19N3O3. The second-order valence-electron chi connectivity index (χ2n) is 4.75. The van der Waals surface area contributed by atoms with Crippen LogP contribution in [0.25, 0.3) is 0 Å². The molecule has 0 heterocycles. The monoisotopic (exact) mass is 289 g/mol. The summed E-state index contributed by atoms with van der Waals surface area (Å²) < 4.78 is 0. The van der Waals surface area contributed by atoms with Crippen molar-refractivity contribution in [2.45, 2.75) is 13.8 Å². The van der Waals surface area contributed by atoms with Crippen molar-refractivity contribution in [1.29, 1.82) is 5.26 Å². The molecule has 2 amide bonds. The number of rotatable bonds is 5. The van der Waals surface area contributed by atoms with E-state index in [0.717, 1.165) is 0 Å². The lowest BCUT2D eigenvalue weighted by atomic mass is 10.1. The highest BCUT2D eigenvalue weighted by Gasteiger charge is 2.23. The first kappa shape index (κ1) is 16.5. The molecule has 0 aliphatic rings. The van der Waals surface area contributed by atoms with E-state index in [4.69, 9.17) is 10.4 Å². The second kappa shape index (κ2) is 7.29. The fourth-order valence-corrected chi connectivity index (χ4v) is 1.93. The first-order valence-electron chi connectivity index (χ1n) is 6.66. The van der Waals surface area contributed by atoms with E-state index in [1.165, 1.54) is 9.80 Å². The Morgan fingerprint density at radius 2 is 2.00 bits per heavy atom. The quantitative estimate of drug-likeness (QED) is 0.900. The Hall–Kier alpha value is -2.55. The molecule has 1 aromatic carbocycles. The van der Waals surface area contributed by atoms with E-state index >= 15 is 0 Å². The van der Waals surface area contributed by atoms with Gasteiger partial charge >= 0.3 is 12.0 Å². The molecule has 0 aromatic heterocycles. The largest absolute Gasteiger partial charge is 0.481 e. The maximum atomic E-state index is 12.5. The number of carboxylic acid groups (broad SMARTS) is 1. The van der Waals surface area contributed by atoms with Crippen molar-refractivity contribution in [2.24, 2.45) is 5.92 Å². The molecule has 0 spiro atoms. The summed E-state index contributed by atoms with van der Waals surface area (Å²) in [6.45, 7) is 3.87. The minimum Gasteiger partial charge on any atom is -0.481 e. The number of para-hydroxylation sites is 1. The van der Waals surface area contributed by atoms with Gasteiger partial charge < -0.3 is 10.0 Å². The van der Waals surface area contributed by atoms with Crippen molar-refractivity contribution < 1.29 is 14.7 Å². The predicted molar refractivity (Wildman–Crippen MR) is 79.0 cm³/mol. The Balaban J connectivity index is 2.94.